The van der Waals surface area contributed by atoms with Crippen LogP contribution in [-0.4, -0.2) is 19.0 Å². The van der Waals surface area contributed by atoms with Crippen molar-refractivity contribution < 1.29 is 9.47 Å². The highest BCUT2D eigenvalue weighted by molar-refractivity contribution is 9.11. The van der Waals surface area contributed by atoms with Gasteiger partial charge in [0.25, 0.3) is 0 Å². The highest BCUT2D eigenvalue weighted by atomic mass is 79.9. The second kappa shape index (κ2) is 10.9. The van der Waals surface area contributed by atoms with E-state index >= 15 is 0 Å². The lowest BCUT2D eigenvalue weighted by Crippen LogP contribution is -2.21. The van der Waals surface area contributed by atoms with Gasteiger partial charge in [-0.05, 0) is 43.7 Å². The fraction of sp³-hybridized carbons (Fsp3) is 0.875. The molecule has 2 nitrogen and oxygen atoms in total. The molecule has 0 aliphatic heterocycles. The lowest BCUT2D eigenvalue weighted by atomic mass is 10.0. The molecule has 1 aliphatic rings. The van der Waals surface area contributed by atoms with Gasteiger partial charge in [0.05, 0.1) is 6.10 Å². The van der Waals surface area contributed by atoms with Gasteiger partial charge in [-0.3, -0.25) is 0 Å². The Morgan fingerprint density at radius 3 is 2.47 bits per heavy atom. The Labute approximate surface area is 127 Å². The van der Waals surface area contributed by atoms with Crippen LogP contribution in [0.1, 0.15) is 71.6 Å². The molecule has 1 rings (SSSR count). The largest absolute Gasteiger partial charge is 0.353 e. The van der Waals surface area contributed by atoms with Crippen LogP contribution in [0.25, 0.3) is 0 Å². The zero-order chi connectivity index (χ0) is 13.9. The van der Waals surface area contributed by atoms with Crippen LogP contribution in [0.2, 0.25) is 0 Å². The van der Waals surface area contributed by atoms with Crippen LogP contribution in [-0.2, 0) is 9.47 Å². The number of hydrogen-bond acceptors (Lipinski definition) is 2. The van der Waals surface area contributed by atoms with E-state index in [-0.39, 0.29) is 12.4 Å². The van der Waals surface area contributed by atoms with Crippen molar-refractivity contribution in [2.75, 3.05) is 6.61 Å². The van der Waals surface area contributed by atoms with Crippen LogP contribution in [0.5, 0.6) is 0 Å². The van der Waals surface area contributed by atoms with Crippen LogP contribution in [0.4, 0.5) is 0 Å². The van der Waals surface area contributed by atoms with Gasteiger partial charge in [0.2, 0.25) is 0 Å². The first-order valence-electron chi connectivity index (χ1n) is 7.85. The third-order valence-electron chi connectivity index (χ3n) is 3.54. The highest BCUT2D eigenvalue weighted by Gasteiger charge is 2.12. The van der Waals surface area contributed by atoms with Crippen molar-refractivity contribution in [3.63, 3.8) is 0 Å². The van der Waals surface area contributed by atoms with E-state index in [2.05, 4.69) is 22.0 Å². The van der Waals surface area contributed by atoms with Gasteiger partial charge in [-0.15, -0.1) is 0 Å². The molecule has 1 aliphatic carbocycles. The van der Waals surface area contributed by atoms with E-state index < -0.39 is 0 Å². The van der Waals surface area contributed by atoms with Crippen LogP contribution in [0, 0.1) is 0 Å². The second-order valence-electron chi connectivity index (χ2n) is 5.32. The summed E-state index contributed by atoms with van der Waals surface area (Å²) in [7, 11) is 0. The first-order chi connectivity index (χ1) is 9.22. The first-order valence-corrected chi connectivity index (χ1v) is 8.65. The molecular weight excluding hydrogens is 304 g/mol. The molecular formula is C16H29BrO2. The van der Waals surface area contributed by atoms with E-state index in [0.717, 1.165) is 12.8 Å². The summed E-state index contributed by atoms with van der Waals surface area (Å²) >= 11 is 3.69. The Bertz CT molecular complexity index is 253. The summed E-state index contributed by atoms with van der Waals surface area (Å²) in [5, 5.41) is 0. The Morgan fingerprint density at radius 1 is 1.16 bits per heavy atom. The van der Waals surface area contributed by atoms with E-state index in [1.165, 1.54) is 49.4 Å². The molecule has 2 atom stereocenters. The monoisotopic (exact) mass is 332 g/mol. The number of rotatable bonds is 4. The first kappa shape index (κ1) is 17.2. The standard InChI is InChI=1S/C16H29BrO2/c1-3-18-14(2)19-16-12-10-8-6-4-5-7-9-11-15(17)13-16/h13-14,16H,3-12H2,1-2H3. The summed E-state index contributed by atoms with van der Waals surface area (Å²) in [4.78, 5) is 0. The molecule has 0 aromatic rings. The predicted molar refractivity (Wildman–Crippen MR) is 84.5 cm³/mol. The van der Waals surface area contributed by atoms with Gasteiger partial charge in [0, 0.05) is 6.61 Å². The van der Waals surface area contributed by atoms with Gasteiger partial charge in [0.1, 0.15) is 0 Å². The molecule has 3 heteroatoms. The van der Waals surface area contributed by atoms with Crippen LogP contribution >= 0.6 is 15.9 Å². The molecule has 0 fully saturated rings. The SMILES string of the molecule is CCOC(C)OC1C=C(Br)CCCCCCCCC1. The zero-order valence-electron chi connectivity index (χ0n) is 12.5. The average Bonchev–Trinajstić information content (AvgIpc) is 2.35. The fourth-order valence-corrected chi connectivity index (χ4v) is 3.09. The van der Waals surface area contributed by atoms with Gasteiger partial charge < -0.3 is 9.47 Å². The molecule has 0 heterocycles. The minimum absolute atomic E-state index is 0.112. The van der Waals surface area contributed by atoms with Gasteiger partial charge in [0.15, 0.2) is 6.29 Å². The second-order valence-corrected chi connectivity index (χ2v) is 6.34. The summed E-state index contributed by atoms with van der Waals surface area (Å²) in [5.41, 5.74) is 0. The van der Waals surface area contributed by atoms with Gasteiger partial charge in [-0.25, -0.2) is 0 Å². The third-order valence-corrected chi connectivity index (χ3v) is 4.20. The van der Waals surface area contributed by atoms with Crippen LogP contribution in [0.3, 0.4) is 0 Å². The average molecular weight is 333 g/mol. The van der Waals surface area contributed by atoms with Crippen molar-refractivity contribution in [2.24, 2.45) is 0 Å². The highest BCUT2D eigenvalue weighted by Crippen LogP contribution is 2.22. The maximum Gasteiger partial charge on any atom is 0.155 e. The maximum atomic E-state index is 5.98. The molecule has 0 N–H and O–H groups in total. The van der Waals surface area contributed by atoms with Crippen molar-refractivity contribution in [1.29, 1.82) is 0 Å². The van der Waals surface area contributed by atoms with Crippen molar-refractivity contribution in [2.45, 2.75) is 84.0 Å². The molecule has 0 bridgehead atoms. The molecule has 19 heavy (non-hydrogen) atoms. The number of hydrogen-bond donors (Lipinski definition) is 0. The summed E-state index contributed by atoms with van der Waals surface area (Å²) in [6.45, 7) is 4.70. The zero-order valence-corrected chi connectivity index (χ0v) is 14.1. The third kappa shape index (κ3) is 8.83. The predicted octanol–water partition coefficient (Wildman–Crippen LogP) is 5.56. The minimum Gasteiger partial charge on any atom is -0.353 e. The normalized spacial score (nSPS) is 25.0. The van der Waals surface area contributed by atoms with Crippen molar-refractivity contribution >= 4 is 15.9 Å². The Hall–Kier alpha value is 0.140. The van der Waals surface area contributed by atoms with Crippen molar-refractivity contribution in [3.8, 4) is 0 Å². The molecule has 0 radical (unpaired) electrons. The van der Waals surface area contributed by atoms with Crippen LogP contribution < -0.4 is 0 Å². The number of halogens is 1. The molecule has 0 aromatic heterocycles. The molecule has 0 aromatic carbocycles. The fourth-order valence-electron chi connectivity index (χ4n) is 2.52. The molecule has 0 saturated heterocycles. The molecule has 0 saturated carbocycles. The van der Waals surface area contributed by atoms with Gasteiger partial charge in [-0.1, -0.05) is 54.5 Å². The van der Waals surface area contributed by atoms with E-state index in [1.54, 1.807) is 0 Å². The van der Waals surface area contributed by atoms with E-state index in [1.807, 2.05) is 13.8 Å². The molecule has 112 valence electrons. The quantitative estimate of drug-likeness (QED) is 0.627. The number of allylic oxidation sites excluding steroid dienone is 1. The molecule has 0 spiro atoms. The Balaban J connectivity index is 2.50. The molecule has 2 unspecified atom stereocenters. The topological polar surface area (TPSA) is 18.5 Å². The van der Waals surface area contributed by atoms with Crippen molar-refractivity contribution in [1.82, 2.24) is 0 Å². The van der Waals surface area contributed by atoms with Crippen molar-refractivity contribution in [3.05, 3.63) is 10.6 Å². The number of ether oxygens (including phenoxy) is 2. The van der Waals surface area contributed by atoms with Gasteiger partial charge >= 0.3 is 0 Å². The van der Waals surface area contributed by atoms with Crippen LogP contribution in [0.15, 0.2) is 10.6 Å². The lowest BCUT2D eigenvalue weighted by molar-refractivity contribution is -0.147. The summed E-state index contributed by atoms with van der Waals surface area (Å²) in [6, 6.07) is 0. The van der Waals surface area contributed by atoms with E-state index in [9.17, 15) is 0 Å². The maximum absolute atomic E-state index is 5.98. The van der Waals surface area contributed by atoms with Gasteiger partial charge in [-0.2, -0.15) is 0 Å². The smallest absolute Gasteiger partial charge is 0.155 e. The summed E-state index contributed by atoms with van der Waals surface area (Å²) in [6.07, 6.45) is 13.9. The Morgan fingerprint density at radius 2 is 1.79 bits per heavy atom. The van der Waals surface area contributed by atoms with E-state index in [0.29, 0.717) is 6.61 Å². The lowest BCUT2D eigenvalue weighted by Gasteiger charge is -2.21. The van der Waals surface area contributed by atoms with E-state index in [4.69, 9.17) is 9.47 Å². The summed E-state index contributed by atoms with van der Waals surface area (Å²) < 4.78 is 12.8. The minimum atomic E-state index is -0.112. The Kier molecular flexibility index (Phi) is 9.84. The summed E-state index contributed by atoms with van der Waals surface area (Å²) in [5.74, 6) is 0. The molecule has 0 amide bonds.